The number of rotatable bonds is 7. The molecule has 0 saturated carbocycles. The minimum atomic E-state index is -4.04. The Kier molecular flexibility index (Phi) is 6.20. The van der Waals surface area contributed by atoms with Crippen LogP contribution in [0.15, 0.2) is 23.1 Å². The maximum atomic E-state index is 13.1. The van der Waals surface area contributed by atoms with Crippen molar-refractivity contribution in [3.05, 3.63) is 18.2 Å². The Labute approximate surface area is 184 Å². The number of anilines is 1. The summed E-state index contributed by atoms with van der Waals surface area (Å²) in [6.07, 6.45) is 2.17. The highest BCUT2D eigenvalue weighted by Crippen LogP contribution is 2.38. The molecule has 1 N–H and O–H groups in total. The second-order valence-electron chi connectivity index (χ2n) is 9.38. The molecule has 0 radical (unpaired) electrons. The largest absolute Gasteiger partial charge is 0.495 e. The number of amides is 1. The van der Waals surface area contributed by atoms with Gasteiger partial charge in [0.1, 0.15) is 10.6 Å². The van der Waals surface area contributed by atoms with Crippen molar-refractivity contribution in [3.63, 3.8) is 0 Å². The lowest BCUT2D eigenvalue weighted by molar-refractivity contribution is -0.123. The second kappa shape index (κ2) is 8.02. The third-order valence-corrected chi connectivity index (χ3v) is 9.35. The highest BCUT2D eigenvalue weighted by atomic mass is 32.2. The van der Waals surface area contributed by atoms with Crippen molar-refractivity contribution in [2.45, 2.75) is 51.0 Å². The van der Waals surface area contributed by atoms with Crippen LogP contribution >= 0.6 is 0 Å². The highest BCUT2D eigenvalue weighted by Gasteiger charge is 2.50. The highest BCUT2D eigenvalue weighted by molar-refractivity contribution is 7.94. The summed E-state index contributed by atoms with van der Waals surface area (Å²) in [5.74, 6) is -0.863. The van der Waals surface area contributed by atoms with Crippen LogP contribution in [0.1, 0.15) is 40.5 Å². The summed E-state index contributed by atoms with van der Waals surface area (Å²) in [6.45, 7) is 9.07. The van der Waals surface area contributed by atoms with Crippen LogP contribution < -0.4 is 13.8 Å². The summed E-state index contributed by atoms with van der Waals surface area (Å²) >= 11 is 0. The van der Waals surface area contributed by atoms with Crippen molar-refractivity contribution < 1.29 is 26.4 Å². The average molecular weight is 474 g/mol. The molecular formula is C20H31N3O6S2. The van der Waals surface area contributed by atoms with Gasteiger partial charge >= 0.3 is 0 Å². The predicted molar refractivity (Wildman–Crippen MR) is 118 cm³/mol. The molecule has 3 rings (SSSR count). The molecule has 31 heavy (non-hydrogen) atoms. The zero-order chi connectivity index (χ0) is 23.2. The summed E-state index contributed by atoms with van der Waals surface area (Å²) < 4.78 is 60.1. The number of likely N-dealkylation sites (tertiary alicyclic amines) is 1. The molecule has 0 spiro atoms. The molecule has 9 nitrogen and oxygen atoms in total. The molecule has 1 aromatic rings. The third kappa shape index (κ3) is 4.59. The first-order valence-electron chi connectivity index (χ1n) is 10.2. The zero-order valence-corrected chi connectivity index (χ0v) is 20.3. The van der Waals surface area contributed by atoms with E-state index in [1.54, 1.807) is 13.8 Å². The van der Waals surface area contributed by atoms with Crippen LogP contribution in [0.3, 0.4) is 0 Å². The Morgan fingerprint density at radius 3 is 2.32 bits per heavy atom. The van der Waals surface area contributed by atoms with Gasteiger partial charge in [-0.25, -0.2) is 25.9 Å². The number of methoxy groups -OCH3 is 1. The third-order valence-electron chi connectivity index (χ3n) is 5.91. The zero-order valence-electron chi connectivity index (χ0n) is 18.6. The van der Waals surface area contributed by atoms with E-state index < -0.39 is 31.4 Å². The predicted octanol–water partition coefficient (Wildman–Crippen LogP) is 1.55. The number of ether oxygens (including phenoxy) is 1. The van der Waals surface area contributed by atoms with Crippen LogP contribution in [0.5, 0.6) is 5.75 Å². The minimum absolute atomic E-state index is 0.0180. The number of carbonyl (C=O) groups is 1. The van der Waals surface area contributed by atoms with E-state index in [4.69, 9.17) is 4.74 Å². The van der Waals surface area contributed by atoms with E-state index in [-0.39, 0.29) is 34.2 Å². The van der Waals surface area contributed by atoms with Crippen LogP contribution in [-0.2, 0) is 24.8 Å². The van der Waals surface area contributed by atoms with Crippen molar-refractivity contribution in [2.75, 3.05) is 36.8 Å². The van der Waals surface area contributed by atoms with Crippen molar-refractivity contribution in [1.29, 1.82) is 0 Å². The Balaban J connectivity index is 1.94. The first kappa shape index (κ1) is 24.0. The molecule has 1 aromatic carbocycles. The molecule has 1 amide bonds. The van der Waals surface area contributed by atoms with Crippen molar-refractivity contribution >= 4 is 31.6 Å². The molecule has 11 heteroatoms. The van der Waals surface area contributed by atoms with Gasteiger partial charge in [0.15, 0.2) is 0 Å². The summed E-state index contributed by atoms with van der Waals surface area (Å²) in [4.78, 5) is 14.7. The first-order chi connectivity index (χ1) is 14.2. The van der Waals surface area contributed by atoms with Gasteiger partial charge in [-0.15, -0.1) is 0 Å². The molecule has 2 aliphatic rings. The van der Waals surface area contributed by atoms with Gasteiger partial charge < -0.3 is 4.74 Å². The van der Waals surface area contributed by atoms with Crippen LogP contribution in [0.25, 0.3) is 0 Å². The molecule has 0 bridgehead atoms. The lowest BCUT2D eigenvalue weighted by Crippen LogP contribution is -2.50. The Morgan fingerprint density at radius 2 is 1.81 bits per heavy atom. The molecule has 0 atom stereocenters. The maximum Gasteiger partial charge on any atom is 0.247 e. The van der Waals surface area contributed by atoms with Crippen molar-refractivity contribution in [3.8, 4) is 5.75 Å². The Morgan fingerprint density at radius 1 is 1.19 bits per heavy atom. The topological polar surface area (TPSA) is 113 Å². The molecule has 2 saturated heterocycles. The van der Waals surface area contributed by atoms with Gasteiger partial charge in [-0.05, 0) is 71.8 Å². The van der Waals surface area contributed by atoms with E-state index in [0.717, 1.165) is 25.9 Å². The molecule has 2 aliphatic heterocycles. The average Bonchev–Trinajstić information content (AvgIpc) is 3.26. The number of hydrogen-bond donors (Lipinski definition) is 1. The molecule has 2 heterocycles. The summed E-state index contributed by atoms with van der Waals surface area (Å²) in [7, 11) is -6.60. The second-order valence-corrected chi connectivity index (χ2v) is 12.9. The van der Waals surface area contributed by atoms with Gasteiger partial charge in [0.05, 0.1) is 24.0 Å². The number of hydrogen-bond acceptors (Lipinski definition) is 7. The van der Waals surface area contributed by atoms with E-state index in [1.807, 2.05) is 13.8 Å². The Hall–Kier alpha value is -1.69. The monoisotopic (exact) mass is 473 g/mol. The fourth-order valence-corrected chi connectivity index (χ4v) is 7.54. The van der Waals surface area contributed by atoms with Gasteiger partial charge in [-0.3, -0.25) is 9.69 Å². The van der Waals surface area contributed by atoms with Gasteiger partial charge in [0.2, 0.25) is 26.0 Å². The fourth-order valence-electron chi connectivity index (χ4n) is 4.05. The van der Waals surface area contributed by atoms with Gasteiger partial charge in [0, 0.05) is 12.1 Å². The number of carbonyl (C=O) groups excluding carboxylic acids is 1. The SMILES string of the molecule is COc1ccc(N2C(=O)C(C)(C)CS2(=O)=O)cc1S(=O)(=O)NCC(C)(C)N1CCCC1. The molecule has 0 aromatic heterocycles. The molecular weight excluding hydrogens is 442 g/mol. The van der Waals surface area contributed by atoms with Crippen LogP contribution in [0, 0.1) is 5.41 Å². The quantitative estimate of drug-likeness (QED) is 0.639. The first-order valence-corrected chi connectivity index (χ1v) is 13.3. The molecule has 174 valence electrons. The van der Waals surface area contributed by atoms with Gasteiger partial charge in [-0.2, -0.15) is 0 Å². The van der Waals surface area contributed by atoms with Crippen LogP contribution in [0.2, 0.25) is 0 Å². The van der Waals surface area contributed by atoms with Crippen molar-refractivity contribution in [1.82, 2.24) is 9.62 Å². The molecule has 0 unspecified atom stereocenters. The number of nitrogens with one attached hydrogen (secondary N) is 1. The number of sulfonamides is 2. The van der Waals surface area contributed by atoms with Crippen molar-refractivity contribution in [2.24, 2.45) is 5.41 Å². The number of benzene rings is 1. The van der Waals surface area contributed by atoms with Gasteiger partial charge in [0.25, 0.3) is 0 Å². The smallest absolute Gasteiger partial charge is 0.247 e. The normalized spacial score (nSPS) is 21.6. The van der Waals surface area contributed by atoms with E-state index in [2.05, 4.69) is 9.62 Å². The van der Waals surface area contributed by atoms with E-state index in [9.17, 15) is 21.6 Å². The fraction of sp³-hybridized carbons (Fsp3) is 0.650. The maximum absolute atomic E-state index is 13.1. The molecule has 2 fully saturated rings. The summed E-state index contributed by atoms with van der Waals surface area (Å²) in [6, 6.07) is 3.92. The lowest BCUT2D eigenvalue weighted by atomic mass is 9.95. The van der Waals surface area contributed by atoms with E-state index in [0.29, 0.717) is 4.31 Å². The van der Waals surface area contributed by atoms with Gasteiger partial charge in [-0.1, -0.05) is 0 Å². The lowest BCUT2D eigenvalue weighted by Gasteiger charge is -2.35. The van der Waals surface area contributed by atoms with E-state index in [1.165, 1.54) is 25.3 Å². The summed E-state index contributed by atoms with van der Waals surface area (Å²) in [5.41, 5.74) is -1.49. The van der Waals surface area contributed by atoms with Crippen LogP contribution in [-0.4, -0.2) is 65.7 Å². The standard InChI is InChI=1S/C20H31N3O6S2/c1-19(2)14-30(25,26)23(18(19)24)15-8-9-16(29-5)17(12-15)31(27,28)21-13-20(3,4)22-10-6-7-11-22/h8-9,12,21H,6-7,10-11,13-14H2,1-5H3. The van der Waals surface area contributed by atoms with Crippen LogP contribution in [0.4, 0.5) is 5.69 Å². The molecule has 0 aliphatic carbocycles. The number of nitrogens with zero attached hydrogens (tertiary/aromatic N) is 2. The minimum Gasteiger partial charge on any atom is -0.495 e. The van der Waals surface area contributed by atoms with E-state index >= 15 is 0 Å². The Bertz CT molecular complexity index is 1070. The summed E-state index contributed by atoms with van der Waals surface area (Å²) in [5, 5.41) is 0.